The van der Waals surface area contributed by atoms with Gasteiger partial charge in [0.2, 0.25) is 5.91 Å². The van der Waals surface area contributed by atoms with Gasteiger partial charge in [-0.2, -0.15) is 5.10 Å². The third-order valence-corrected chi connectivity index (χ3v) is 5.31. The minimum atomic E-state index is -0.271. The molecule has 0 spiro atoms. The molecular formula is C22H21N5O. The lowest BCUT2D eigenvalue weighted by atomic mass is 9.77. The number of carbonyl (C=O) groups excluding carboxylic acids is 1. The molecule has 1 aliphatic carbocycles. The lowest BCUT2D eigenvalue weighted by Crippen LogP contribution is -2.33. The maximum atomic E-state index is 12.7. The van der Waals surface area contributed by atoms with Crippen LogP contribution in [-0.2, 0) is 4.79 Å². The largest absolute Gasteiger partial charge is 0.273 e. The van der Waals surface area contributed by atoms with Crippen LogP contribution in [0, 0.1) is 5.92 Å². The minimum absolute atomic E-state index is 0.154. The first-order valence-corrected chi connectivity index (χ1v) is 9.50. The van der Waals surface area contributed by atoms with Crippen LogP contribution in [0.15, 0.2) is 76.5 Å². The first-order chi connectivity index (χ1) is 13.8. The Morgan fingerprint density at radius 1 is 1.18 bits per heavy atom. The van der Waals surface area contributed by atoms with Crippen LogP contribution in [-0.4, -0.2) is 23.2 Å². The molecule has 1 heterocycles. The smallest absolute Gasteiger partial charge is 0.249 e. The number of azide groups is 1. The van der Waals surface area contributed by atoms with Crippen LogP contribution < -0.4 is 0 Å². The van der Waals surface area contributed by atoms with Crippen molar-refractivity contribution in [3.05, 3.63) is 87.8 Å². The van der Waals surface area contributed by atoms with E-state index in [2.05, 4.69) is 28.2 Å². The number of nitrogens with zero attached hydrogens (tertiary/aromatic N) is 5. The summed E-state index contributed by atoms with van der Waals surface area (Å²) in [4.78, 5) is 15.5. The van der Waals surface area contributed by atoms with Crippen molar-refractivity contribution in [1.29, 1.82) is 0 Å². The summed E-state index contributed by atoms with van der Waals surface area (Å²) < 4.78 is 0. The topological polar surface area (TPSA) is 81.4 Å². The highest BCUT2D eigenvalue weighted by atomic mass is 16.2. The van der Waals surface area contributed by atoms with Crippen LogP contribution in [0.2, 0.25) is 0 Å². The van der Waals surface area contributed by atoms with E-state index in [0.29, 0.717) is 0 Å². The molecule has 1 aliphatic heterocycles. The van der Waals surface area contributed by atoms with Gasteiger partial charge in [0.05, 0.1) is 11.8 Å². The lowest BCUT2D eigenvalue weighted by Gasteiger charge is -2.29. The van der Waals surface area contributed by atoms with Crippen LogP contribution in [0.25, 0.3) is 16.5 Å². The Bertz CT molecular complexity index is 961. The highest BCUT2D eigenvalue weighted by molar-refractivity contribution is 6.08. The first kappa shape index (κ1) is 18.0. The van der Waals surface area contributed by atoms with E-state index < -0.39 is 0 Å². The Morgan fingerprint density at radius 2 is 1.89 bits per heavy atom. The summed E-state index contributed by atoms with van der Waals surface area (Å²) in [7, 11) is 0. The summed E-state index contributed by atoms with van der Waals surface area (Å²) in [6.45, 7) is -0.221. The maximum Gasteiger partial charge on any atom is 0.249 e. The van der Waals surface area contributed by atoms with Gasteiger partial charge >= 0.3 is 0 Å². The van der Waals surface area contributed by atoms with Crippen molar-refractivity contribution >= 4 is 17.7 Å². The van der Waals surface area contributed by atoms with E-state index in [-0.39, 0.29) is 24.4 Å². The van der Waals surface area contributed by atoms with Crippen LogP contribution in [0.4, 0.5) is 0 Å². The van der Waals surface area contributed by atoms with Gasteiger partial charge in [0.1, 0.15) is 6.54 Å². The monoisotopic (exact) mass is 371 g/mol. The minimum Gasteiger partial charge on any atom is -0.273 e. The van der Waals surface area contributed by atoms with Gasteiger partial charge in [-0.05, 0) is 47.6 Å². The molecule has 6 heteroatoms. The molecule has 1 fully saturated rings. The molecule has 0 aromatic heterocycles. The number of fused-ring (bicyclic) bond motifs is 1. The Hall–Kier alpha value is -3.37. The molecule has 2 aliphatic rings. The number of rotatable bonds is 4. The average Bonchev–Trinajstić information content (AvgIpc) is 3.14. The van der Waals surface area contributed by atoms with Gasteiger partial charge in [-0.25, -0.2) is 5.01 Å². The molecule has 2 aromatic rings. The van der Waals surface area contributed by atoms with Crippen LogP contribution in [0.1, 0.15) is 36.4 Å². The fourth-order valence-electron chi connectivity index (χ4n) is 4.11. The van der Waals surface area contributed by atoms with Crippen molar-refractivity contribution < 1.29 is 4.79 Å². The summed E-state index contributed by atoms with van der Waals surface area (Å²) in [5.41, 5.74) is 13.0. The molecule has 0 radical (unpaired) electrons. The zero-order valence-electron chi connectivity index (χ0n) is 15.5. The maximum absolute atomic E-state index is 12.7. The van der Waals surface area contributed by atoms with Gasteiger partial charge in [0.15, 0.2) is 0 Å². The number of carbonyl (C=O) groups is 1. The van der Waals surface area contributed by atoms with E-state index in [0.717, 1.165) is 36.1 Å². The normalized spacial score (nSPS) is 22.4. The van der Waals surface area contributed by atoms with E-state index in [1.807, 2.05) is 48.5 Å². The fraction of sp³-hybridized carbons (Fsp3) is 0.273. The predicted octanol–water partition coefficient (Wildman–Crippen LogP) is 5.12. The van der Waals surface area contributed by atoms with Gasteiger partial charge in [0.25, 0.3) is 0 Å². The molecule has 0 N–H and O–H groups in total. The fourth-order valence-corrected chi connectivity index (χ4v) is 4.11. The molecule has 1 saturated carbocycles. The van der Waals surface area contributed by atoms with Crippen molar-refractivity contribution in [2.75, 3.05) is 6.54 Å². The number of benzene rings is 2. The Balaban J connectivity index is 1.74. The first-order valence-electron chi connectivity index (χ1n) is 9.50. The van der Waals surface area contributed by atoms with Gasteiger partial charge in [-0.1, -0.05) is 65.8 Å². The number of hydrazone groups is 1. The second-order valence-electron chi connectivity index (χ2n) is 7.05. The van der Waals surface area contributed by atoms with Crippen molar-refractivity contribution in [1.82, 2.24) is 5.01 Å². The standard InChI is InChI=1S/C22H21N5O/c23-26-24-15-20(28)27-22(17-10-5-2-6-11-17)19-13-7-12-18(21(19)25-27)14-16-8-3-1-4-9-16/h1-6,8-11,14,19,22H,7,12-13,15H2/b18-14-/t19-,22+/m1/s1. The number of hydrogen-bond donors (Lipinski definition) is 0. The lowest BCUT2D eigenvalue weighted by molar-refractivity contribution is -0.132. The summed E-state index contributed by atoms with van der Waals surface area (Å²) in [6.07, 6.45) is 5.17. The highest BCUT2D eigenvalue weighted by Crippen LogP contribution is 2.44. The molecule has 1 amide bonds. The molecule has 28 heavy (non-hydrogen) atoms. The second kappa shape index (κ2) is 8.11. The van der Waals surface area contributed by atoms with Crippen molar-refractivity contribution in [3.8, 4) is 0 Å². The summed E-state index contributed by atoms with van der Waals surface area (Å²) in [5.74, 6) is -0.117. The van der Waals surface area contributed by atoms with Crippen LogP contribution in [0.5, 0.6) is 0 Å². The number of allylic oxidation sites excluding steroid dienone is 1. The Kier molecular flexibility index (Phi) is 5.22. The molecule has 140 valence electrons. The van der Waals surface area contributed by atoms with Crippen LogP contribution in [0.3, 0.4) is 0 Å². The van der Waals surface area contributed by atoms with Crippen molar-refractivity contribution in [2.24, 2.45) is 16.1 Å². The van der Waals surface area contributed by atoms with Gasteiger partial charge in [0, 0.05) is 10.8 Å². The third-order valence-electron chi connectivity index (χ3n) is 5.31. The summed E-state index contributed by atoms with van der Waals surface area (Å²) in [6, 6.07) is 20.0. The molecule has 2 atom stereocenters. The summed E-state index contributed by atoms with van der Waals surface area (Å²) >= 11 is 0. The molecule has 4 rings (SSSR count). The predicted molar refractivity (Wildman–Crippen MR) is 109 cm³/mol. The Morgan fingerprint density at radius 3 is 2.61 bits per heavy atom. The highest BCUT2D eigenvalue weighted by Gasteiger charge is 2.43. The molecule has 6 nitrogen and oxygen atoms in total. The van der Waals surface area contributed by atoms with Gasteiger partial charge in [-0.3, -0.25) is 4.79 Å². The molecule has 2 aromatic carbocycles. The van der Waals surface area contributed by atoms with Gasteiger partial charge < -0.3 is 0 Å². The van der Waals surface area contributed by atoms with Gasteiger partial charge in [-0.15, -0.1) is 0 Å². The third kappa shape index (κ3) is 3.55. The number of hydrogen-bond acceptors (Lipinski definition) is 3. The zero-order chi connectivity index (χ0) is 19.3. The molecular weight excluding hydrogens is 350 g/mol. The second-order valence-corrected chi connectivity index (χ2v) is 7.05. The van der Waals surface area contributed by atoms with Crippen molar-refractivity contribution in [2.45, 2.75) is 25.3 Å². The van der Waals surface area contributed by atoms with Crippen LogP contribution >= 0.6 is 0 Å². The number of amides is 1. The SMILES string of the molecule is [N-]=[N+]=NCC(=O)N1N=C2/C(=C\c3ccccc3)CCC[C@H]2[C@@H]1c1ccccc1. The van der Waals surface area contributed by atoms with E-state index in [1.165, 1.54) is 10.6 Å². The van der Waals surface area contributed by atoms with E-state index in [1.54, 1.807) is 0 Å². The molecule has 0 saturated heterocycles. The quantitative estimate of drug-likeness (QED) is 0.417. The Labute approximate surface area is 163 Å². The van der Waals surface area contributed by atoms with E-state index in [4.69, 9.17) is 10.6 Å². The molecule has 0 bridgehead atoms. The van der Waals surface area contributed by atoms with E-state index in [9.17, 15) is 4.79 Å². The van der Waals surface area contributed by atoms with E-state index >= 15 is 0 Å². The van der Waals surface area contributed by atoms with Crippen molar-refractivity contribution in [3.63, 3.8) is 0 Å². The molecule has 0 unspecified atom stereocenters. The zero-order valence-corrected chi connectivity index (χ0v) is 15.5. The average molecular weight is 371 g/mol. The summed E-state index contributed by atoms with van der Waals surface area (Å²) in [5, 5.41) is 9.74.